The van der Waals surface area contributed by atoms with Crippen LogP contribution in [0.15, 0.2) is 29.2 Å². The number of hydrogen-bond acceptors (Lipinski definition) is 3. The third-order valence-electron chi connectivity index (χ3n) is 4.21. The first-order valence-corrected chi connectivity index (χ1v) is 8.71. The number of rotatable bonds is 6. The predicted octanol–water partition coefficient (Wildman–Crippen LogP) is 2.54. The predicted molar refractivity (Wildman–Crippen MR) is 80.2 cm³/mol. The summed E-state index contributed by atoms with van der Waals surface area (Å²) >= 11 is 0. The Morgan fingerprint density at radius 3 is 2.25 bits per heavy atom. The first kappa shape index (κ1) is 13.9. The quantitative estimate of drug-likeness (QED) is 0.877. The van der Waals surface area contributed by atoms with Gasteiger partial charge in [0.1, 0.15) is 0 Å². The fourth-order valence-electron chi connectivity index (χ4n) is 2.68. The molecular weight excluding hydrogens is 272 g/mol. The van der Waals surface area contributed by atoms with E-state index >= 15 is 0 Å². The van der Waals surface area contributed by atoms with Crippen molar-refractivity contribution < 1.29 is 8.42 Å². The van der Waals surface area contributed by atoms with E-state index in [9.17, 15) is 8.42 Å². The van der Waals surface area contributed by atoms with Crippen molar-refractivity contribution >= 4 is 15.7 Å². The molecule has 3 rings (SSSR count). The van der Waals surface area contributed by atoms with Gasteiger partial charge in [-0.15, -0.1) is 0 Å². The number of nitrogens with zero attached hydrogens (tertiary/aromatic N) is 1. The largest absolute Gasteiger partial charge is 0.382 e. The lowest BCUT2D eigenvalue weighted by Crippen LogP contribution is -2.25. The van der Waals surface area contributed by atoms with Crippen molar-refractivity contribution in [2.45, 2.75) is 36.6 Å². The van der Waals surface area contributed by atoms with E-state index in [0.29, 0.717) is 10.9 Å². The van der Waals surface area contributed by atoms with Crippen LogP contribution < -0.4 is 5.32 Å². The molecule has 1 aromatic rings. The summed E-state index contributed by atoms with van der Waals surface area (Å²) in [7, 11) is -0.227. The van der Waals surface area contributed by atoms with Gasteiger partial charge in [0.05, 0.1) is 4.90 Å². The Morgan fingerprint density at radius 2 is 1.75 bits per heavy atom. The van der Waals surface area contributed by atoms with Gasteiger partial charge in [-0.2, -0.15) is 0 Å². The highest BCUT2D eigenvalue weighted by atomic mass is 32.2. The molecule has 4 nitrogen and oxygen atoms in total. The van der Waals surface area contributed by atoms with Crippen molar-refractivity contribution in [2.24, 2.45) is 11.8 Å². The van der Waals surface area contributed by atoms with Gasteiger partial charge in [0.2, 0.25) is 10.0 Å². The molecule has 110 valence electrons. The van der Waals surface area contributed by atoms with E-state index in [4.69, 9.17) is 0 Å². The van der Waals surface area contributed by atoms with Crippen molar-refractivity contribution in [2.75, 3.05) is 19.4 Å². The molecule has 0 aromatic heterocycles. The van der Waals surface area contributed by atoms with Gasteiger partial charge in [-0.25, -0.2) is 12.7 Å². The topological polar surface area (TPSA) is 49.4 Å². The molecule has 1 N–H and O–H groups in total. The van der Waals surface area contributed by atoms with Crippen LogP contribution in [0.5, 0.6) is 0 Å². The van der Waals surface area contributed by atoms with Gasteiger partial charge in [-0.3, -0.25) is 0 Å². The Hall–Kier alpha value is -1.07. The minimum Gasteiger partial charge on any atom is -0.382 e. The molecule has 2 saturated carbocycles. The summed E-state index contributed by atoms with van der Waals surface area (Å²) in [6.45, 7) is 0. The number of hydrogen-bond donors (Lipinski definition) is 1. The van der Waals surface area contributed by atoms with E-state index in [-0.39, 0.29) is 0 Å². The SMILES string of the molecule is CN(C)S(=O)(=O)c1cccc(NC(C2CC2)C2CC2)c1. The number of nitrogens with one attached hydrogen (secondary N) is 1. The molecule has 1 aromatic carbocycles. The molecule has 0 unspecified atom stereocenters. The van der Waals surface area contributed by atoms with Crippen LogP contribution in [0.3, 0.4) is 0 Å². The zero-order valence-electron chi connectivity index (χ0n) is 12.0. The van der Waals surface area contributed by atoms with Gasteiger partial charge in [0, 0.05) is 25.8 Å². The van der Waals surface area contributed by atoms with Gasteiger partial charge in [-0.05, 0) is 55.7 Å². The molecule has 0 heterocycles. The van der Waals surface area contributed by atoms with Crippen LogP contribution in [-0.2, 0) is 10.0 Å². The standard InChI is InChI=1S/C15H22N2O2S/c1-17(2)20(18,19)14-5-3-4-13(10-14)16-15(11-6-7-11)12-8-9-12/h3-5,10-12,15-16H,6-9H2,1-2H3. The zero-order chi connectivity index (χ0) is 14.3. The monoisotopic (exact) mass is 294 g/mol. The molecule has 20 heavy (non-hydrogen) atoms. The Bertz CT molecular complexity index is 578. The van der Waals surface area contributed by atoms with Gasteiger partial charge in [0.25, 0.3) is 0 Å². The number of anilines is 1. The lowest BCUT2D eigenvalue weighted by atomic mass is 10.1. The molecule has 0 bridgehead atoms. The molecule has 0 aliphatic heterocycles. The van der Waals surface area contributed by atoms with E-state index in [1.165, 1.54) is 30.0 Å². The van der Waals surface area contributed by atoms with Crippen molar-refractivity contribution in [1.29, 1.82) is 0 Å². The first-order valence-electron chi connectivity index (χ1n) is 7.27. The van der Waals surface area contributed by atoms with Crippen LogP contribution >= 0.6 is 0 Å². The van der Waals surface area contributed by atoms with Crippen LogP contribution in [0.2, 0.25) is 0 Å². The van der Waals surface area contributed by atoms with Gasteiger partial charge < -0.3 is 5.32 Å². The summed E-state index contributed by atoms with van der Waals surface area (Å²) in [5.74, 6) is 1.58. The van der Waals surface area contributed by atoms with Crippen molar-refractivity contribution in [3.8, 4) is 0 Å². The van der Waals surface area contributed by atoms with E-state index in [1.54, 1.807) is 26.2 Å². The van der Waals surface area contributed by atoms with E-state index < -0.39 is 10.0 Å². The summed E-state index contributed by atoms with van der Waals surface area (Å²) in [5, 5.41) is 3.57. The van der Waals surface area contributed by atoms with Crippen LogP contribution in [-0.4, -0.2) is 32.9 Å². The van der Waals surface area contributed by atoms with E-state index in [1.807, 2.05) is 12.1 Å². The zero-order valence-corrected chi connectivity index (χ0v) is 12.9. The van der Waals surface area contributed by atoms with Crippen LogP contribution in [0, 0.1) is 11.8 Å². The molecule has 2 aliphatic carbocycles. The van der Waals surface area contributed by atoms with Crippen LogP contribution in [0.4, 0.5) is 5.69 Å². The maximum Gasteiger partial charge on any atom is 0.242 e. The maximum absolute atomic E-state index is 12.2. The summed E-state index contributed by atoms with van der Waals surface area (Å²) < 4.78 is 25.6. The molecular formula is C15H22N2O2S. The van der Waals surface area contributed by atoms with E-state index in [0.717, 1.165) is 17.5 Å². The van der Waals surface area contributed by atoms with Gasteiger partial charge >= 0.3 is 0 Å². The number of benzene rings is 1. The second-order valence-electron chi connectivity index (χ2n) is 6.16. The molecule has 0 radical (unpaired) electrons. The summed E-state index contributed by atoms with van der Waals surface area (Å²) in [5.41, 5.74) is 0.928. The third-order valence-corrected chi connectivity index (χ3v) is 6.02. The fraction of sp³-hybridized carbons (Fsp3) is 0.600. The molecule has 0 spiro atoms. The molecule has 5 heteroatoms. The smallest absolute Gasteiger partial charge is 0.242 e. The van der Waals surface area contributed by atoms with Crippen LogP contribution in [0.1, 0.15) is 25.7 Å². The lowest BCUT2D eigenvalue weighted by Gasteiger charge is -2.20. The highest BCUT2D eigenvalue weighted by Gasteiger charge is 2.41. The highest BCUT2D eigenvalue weighted by Crippen LogP contribution is 2.45. The average Bonchev–Trinajstić information content (AvgIpc) is 3.29. The molecule has 2 fully saturated rings. The Balaban J connectivity index is 1.80. The molecule has 0 atom stereocenters. The van der Waals surface area contributed by atoms with Gasteiger partial charge in [-0.1, -0.05) is 6.07 Å². The van der Waals surface area contributed by atoms with Gasteiger partial charge in [0.15, 0.2) is 0 Å². The molecule has 0 amide bonds. The minimum atomic E-state index is -3.35. The maximum atomic E-state index is 12.2. The Morgan fingerprint density at radius 1 is 1.15 bits per heavy atom. The summed E-state index contributed by atoms with van der Waals surface area (Å²) in [4.78, 5) is 0.359. The lowest BCUT2D eigenvalue weighted by molar-refractivity contribution is 0.520. The van der Waals surface area contributed by atoms with Crippen molar-refractivity contribution in [1.82, 2.24) is 4.31 Å². The Labute approximate surface area is 121 Å². The van der Waals surface area contributed by atoms with Crippen molar-refractivity contribution in [3.05, 3.63) is 24.3 Å². The third kappa shape index (κ3) is 2.83. The first-order chi connectivity index (χ1) is 9.48. The second kappa shape index (κ2) is 5.04. The fourth-order valence-corrected chi connectivity index (χ4v) is 3.63. The minimum absolute atomic E-state index is 0.359. The molecule has 2 aliphatic rings. The number of sulfonamides is 1. The summed E-state index contributed by atoms with van der Waals surface area (Å²) in [6, 6.07) is 7.73. The Kier molecular flexibility index (Phi) is 3.50. The second-order valence-corrected chi connectivity index (χ2v) is 8.31. The summed E-state index contributed by atoms with van der Waals surface area (Å²) in [6.07, 6.45) is 5.24. The van der Waals surface area contributed by atoms with Crippen LogP contribution in [0.25, 0.3) is 0 Å². The highest BCUT2D eigenvalue weighted by molar-refractivity contribution is 7.89. The normalized spacial score (nSPS) is 19.6. The average molecular weight is 294 g/mol. The van der Waals surface area contributed by atoms with Crippen molar-refractivity contribution in [3.63, 3.8) is 0 Å². The van der Waals surface area contributed by atoms with E-state index in [2.05, 4.69) is 5.32 Å². The molecule has 0 saturated heterocycles.